The number of aromatic hydroxyl groups is 1. The predicted octanol–water partition coefficient (Wildman–Crippen LogP) is 3.39. The molecule has 1 amide bonds. The fourth-order valence-corrected chi connectivity index (χ4v) is 4.77. The van der Waals surface area contributed by atoms with E-state index in [1.54, 1.807) is 12.4 Å². The molecule has 1 aliphatic heterocycles. The van der Waals surface area contributed by atoms with Gasteiger partial charge in [0.15, 0.2) is 0 Å². The molecule has 1 aliphatic carbocycles. The summed E-state index contributed by atoms with van der Waals surface area (Å²) in [5.74, 6) is 0.422. The van der Waals surface area contributed by atoms with Crippen molar-refractivity contribution in [3.05, 3.63) is 59.4 Å². The highest BCUT2D eigenvalue weighted by molar-refractivity contribution is 5.97. The molecule has 2 aromatic carbocycles. The number of nitrogens with one attached hydrogen (secondary N) is 1. The summed E-state index contributed by atoms with van der Waals surface area (Å²) in [6.45, 7) is 3.01. The van der Waals surface area contributed by atoms with Gasteiger partial charge in [-0.05, 0) is 66.1 Å². The van der Waals surface area contributed by atoms with E-state index in [-0.39, 0.29) is 17.4 Å². The summed E-state index contributed by atoms with van der Waals surface area (Å²) >= 11 is 0. The molecule has 5 nitrogen and oxygen atoms in total. The number of hydrogen-bond donors (Lipinski definition) is 2. The van der Waals surface area contributed by atoms with E-state index < -0.39 is 0 Å². The number of imidazole rings is 1. The van der Waals surface area contributed by atoms with Crippen LogP contribution in [0.5, 0.6) is 5.75 Å². The van der Waals surface area contributed by atoms with Gasteiger partial charge in [0.05, 0.1) is 17.4 Å². The van der Waals surface area contributed by atoms with Crippen LogP contribution in [-0.4, -0.2) is 38.5 Å². The summed E-state index contributed by atoms with van der Waals surface area (Å²) in [4.78, 5) is 22.5. The van der Waals surface area contributed by atoms with Gasteiger partial charge in [-0.25, -0.2) is 4.98 Å². The number of nitrogens with zero attached hydrogens (tertiary/aromatic N) is 2. The molecule has 2 N–H and O–H groups in total. The lowest BCUT2D eigenvalue weighted by Gasteiger charge is -2.49. The van der Waals surface area contributed by atoms with Crippen molar-refractivity contribution in [2.45, 2.75) is 37.6 Å². The molecule has 0 radical (unpaired) electrons. The minimum Gasteiger partial charge on any atom is -0.508 e. The van der Waals surface area contributed by atoms with Gasteiger partial charge >= 0.3 is 0 Å². The maximum atomic E-state index is 13.2. The first-order valence-electron chi connectivity index (χ1n) is 9.10. The smallest absolute Gasteiger partial charge is 0.254 e. The van der Waals surface area contributed by atoms with Crippen LogP contribution in [0.1, 0.15) is 41.3 Å². The number of phenolic OH excluding ortho intramolecular Hbond substituents is 1. The molecular weight excluding hydrogens is 326 g/mol. The summed E-state index contributed by atoms with van der Waals surface area (Å²) in [5, 5.41) is 9.88. The molecular formula is C21H21N3O2. The van der Waals surface area contributed by atoms with Gasteiger partial charge in [-0.3, -0.25) is 4.79 Å². The second-order valence-electron chi connectivity index (χ2n) is 7.85. The number of rotatable bonds is 1. The predicted molar refractivity (Wildman–Crippen MR) is 99.3 cm³/mol. The quantitative estimate of drug-likeness (QED) is 0.709. The average molecular weight is 347 g/mol. The molecule has 5 heteroatoms. The Hall–Kier alpha value is -2.82. The number of fused-ring (bicyclic) bond motifs is 5. The number of hydrogen-bond acceptors (Lipinski definition) is 3. The zero-order valence-electron chi connectivity index (χ0n) is 14.7. The SMILES string of the molecule is C[C@]12CCN(C(=O)c3ccc4nc[nH]c4c3)C(Cc3ccc(O)cc31)C2. The van der Waals surface area contributed by atoms with Crippen LogP contribution < -0.4 is 0 Å². The van der Waals surface area contributed by atoms with E-state index in [4.69, 9.17) is 0 Å². The lowest BCUT2D eigenvalue weighted by atomic mass is 9.65. The van der Waals surface area contributed by atoms with E-state index in [0.29, 0.717) is 11.3 Å². The molecule has 0 spiro atoms. The number of carbonyl (C=O) groups is 1. The van der Waals surface area contributed by atoms with E-state index in [0.717, 1.165) is 36.8 Å². The molecule has 0 saturated carbocycles. The van der Waals surface area contributed by atoms with Crippen molar-refractivity contribution >= 4 is 16.9 Å². The third-order valence-corrected chi connectivity index (χ3v) is 6.16. The number of likely N-dealkylation sites (tertiary alicyclic amines) is 1. The zero-order chi connectivity index (χ0) is 17.9. The molecule has 1 unspecified atom stereocenters. The van der Waals surface area contributed by atoms with E-state index in [1.165, 1.54) is 11.1 Å². The highest BCUT2D eigenvalue weighted by atomic mass is 16.3. The van der Waals surface area contributed by atoms with Gasteiger partial charge in [-0.2, -0.15) is 0 Å². The number of piperidine rings is 1. The molecule has 2 heterocycles. The van der Waals surface area contributed by atoms with Crippen molar-refractivity contribution in [1.29, 1.82) is 0 Å². The molecule has 1 aromatic heterocycles. The van der Waals surface area contributed by atoms with Crippen LogP contribution in [0.3, 0.4) is 0 Å². The minimum absolute atomic E-state index is 0.0289. The second-order valence-corrected chi connectivity index (χ2v) is 7.85. The van der Waals surface area contributed by atoms with E-state index in [1.807, 2.05) is 35.2 Å². The standard InChI is InChI=1S/C21H21N3O2/c1-21-6-7-24(15(11-21)8-13-2-4-16(25)10-17(13)21)20(26)14-3-5-18-19(9-14)23-12-22-18/h2-5,9-10,12,15,25H,6-8,11H2,1H3,(H,22,23)/t15?,21-/m1/s1. The number of H-pyrrole nitrogens is 1. The van der Waals surface area contributed by atoms with Gasteiger partial charge < -0.3 is 15.0 Å². The first-order valence-corrected chi connectivity index (χ1v) is 9.10. The molecule has 1 fully saturated rings. The third kappa shape index (κ3) is 2.23. The summed E-state index contributed by atoms with van der Waals surface area (Å²) in [6, 6.07) is 11.5. The van der Waals surface area contributed by atoms with E-state index in [9.17, 15) is 9.90 Å². The van der Waals surface area contributed by atoms with Gasteiger partial charge in [0.25, 0.3) is 5.91 Å². The molecule has 1 saturated heterocycles. The Labute approximate surface area is 151 Å². The van der Waals surface area contributed by atoms with Crippen LogP contribution >= 0.6 is 0 Å². The maximum absolute atomic E-state index is 13.2. The highest BCUT2D eigenvalue weighted by Gasteiger charge is 2.44. The van der Waals surface area contributed by atoms with Crippen LogP contribution in [0.4, 0.5) is 0 Å². The summed E-state index contributed by atoms with van der Waals surface area (Å²) in [7, 11) is 0. The Bertz CT molecular complexity index is 1030. The number of carbonyl (C=O) groups excluding carboxylic acids is 1. The number of benzene rings is 2. The maximum Gasteiger partial charge on any atom is 0.254 e. The van der Waals surface area contributed by atoms with Crippen molar-refractivity contribution in [2.75, 3.05) is 6.54 Å². The van der Waals surface area contributed by atoms with Gasteiger partial charge in [0, 0.05) is 18.2 Å². The van der Waals surface area contributed by atoms with Crippen LogP contribution in [0.15, 0.2) is 42.7 Å². The van der Waals surface area contributed by atoms with E-state index >= 15 is 0 Å². The Morgan fingerprint density at radius 3 is 3.08 bits per heavy atom. The van der Waals surface area contributed by atoms with Crippen molar-refractivity contribution in [3.8, 4) is 5.75 Å². The van der Waals surface area contributed by atoms with E-state index in [2.05, 4.69) is 16.9 Å². The largest absolute Gasteiger partial charge is 0.508 e. The molecule has 132 valence electrons. The molecule has 5 rings (SSSR count). The van der Waals surface area contributed by atoms with Crippen LogP contribution in [0.2, 0.25) is 0 Å². The lowest BCUT2D eigenvalue weighted by molar-refractivity contribution is 0.0489. The van der Waals surface area contributed by atoms with Crippen LogP contribution in [-0.2, 0) is 11.8 Å². The summed E-state index contributed by atoms with van der Waals surface area (Å²) in [5.41, 5.74) is 5.01. The fraction of sp³-hybridized carbons (Fsp3) is 0.333. The third-order valence-electron chi connectivity index (χ3n) is 6.16. The minimum atomic E-state index is 0.0289. The highest BCUT2D eigenvalue weighted by Crippen LogP contribution is 2.45. The van der Waals surface area contributed by atoms with Gasteiger partial charge in [-0.1, -0.05) is 13.0 Å². The topological polar surface area (TPSA) is 69.2 Å². The van der Waals surface area contributed by atoms with Crippen molar-refractivity contribution in [3.63, 3.8) is 0 Å². The molecule has 2 aliphatic rings. The number of aromatic nitrogens is 2. The Kier molecular flexibility index (Phi) is 3.17. The normalized spacial score (nSPS) is 24.5. The fourth-order valence-electron chi connectivity index (χ4n) is 4.77. The Morgan fingerprint density at radius 1 is 1.31 bits per heavy atom. The van der Waals surface area contributed by atoms with Crippen molar-refractivity contribution < 1.29 is 9.90 Å². The molecule has 26 heavy (non-hydrogen) atoms. The van der Waals surface area contributed by atoms with Crippen LogP contribution in [0.25, 0.3) is 11.0 Å². The van der Waals surface area contributed by atoms with Gasteiger partial charge in [0.1, 0.15) is 5.75 Å². The Balaban J connectivity index is 1.48. The second kappa shape index (κ2) is 5.34. The van der Waals surface area contributed by atoms with Crippen LogP contribution in [0, 0.1) is 0 Å². The number of amides is 1. The van der Waals surface area contributed by atoms with Crippen molar-refractivity contribution in [1.82, 2.24) is 14.9 Å². The monoisotopic (exact) mass is 347 g/mol. The summed E-state index contributed by atoms with van der Waals surface area (Å²) < 4.78 is 0. The molecule has 2 atom stereocenters. The van der Waals surface area contributed by atoms with Gasteiger partial charge in [-0.15, -0.1) is 0 Å². The molecule has 3 aromatic rings. The number of aromatic amines is 1. The van der Waals surface area contributed by atoms with Crippen molar-refractivity contribution in [2.24, 2.45) is 0 Å². The Morgan fingerprint density at radius 2 is 2.19 bits per heavy atom. The lowest BCUT2D eigenvalue weighted by Crippen LogP contribution is -2.54. The molecule has 2 bridgehead atoms. The van der Waals surface area contributed by atoms with Gasteiger partial charge in [0.2, 0.25) is 0 Å². The first-order chi connectivity index (χ1) is 12.5. The number of phenols is 1. The summed E-state index contributed by atoms with van der Waals surface area (Å²) in [6.07, 6.45) is 4.36. The average Bonchev–Trinajstić information content (AvgIpc) is 3.10. The first kappa shape index (κ1) is 15.4. The zero-order valence-corrected chi connectivity index (χ0v) is 14.7.